The Morgan fingerprint density at radius 3 is 2.24 bits per heavy atom. The standard InChI is InChI=1S/C21H31N3O/c1-16-3-4-17(2)20(15-16)23-11-13-24(14-12-23)21(25)18-7-9-22(10-8-18)19-5-6-19/h3-4,15,18-19H,5-14H2,1-2H3. The van der Waals surface area contributed by atoms with Crippen molar-refractivity contribution in [1.82, 2.24) is 9.80 Å². The van der Waals surface area contributed by atoms with E-state index in [4.69, 9.17) is 0 Å². The molecule has 0 atom stereocenters. The minimum absolute atomic E-state index is 0.266. The fourth-order valence-electron chi connectivity index (χ4n) is 4.44. The molecule has 0 bridgehead atoms. The van der Waals surface area contributed by atoms with Crippen LogP contribution >= 0.6 is 0 Å². The molecule has 0 aromatic heterocycles. The maximum Gasteiger partial charge on any atom is 0.225 e. The van der Waals surface area contributed by atoms with Crippen LogP contribution in [0, 0.1) is 19.8 Å². The summed E-state index contributed by atoms with van der Waals surface area (Å²) in [5.74, 6) is 0.679. The van der Waals surface area contributed by atoms with Gasteiger partial charge in [0.25, 0.3) is 0 Å². The Morgan fingerprint density at radius 2 is 1.60 bits per heavy atom. The van der Waals surface area contributed by atoms with Crippen molar-refractivity contribution in [3.8, 4) is 0 Å². The van der Waals surface area contributed by atoms with Gasteiger partial charge in [0, 0.05) is 43.8 Å². The Morgan fingerprint density at radius 1 is 0.920 bits per heavy atom. The van der Waals surface area contributed by atoms with Crippen LogP contribution in [-0.4, -0.2) is 61.0 Å². The second kappa shape index (κ2) is 6.99. The number of likely N-dealkylation sites (tertiary alicyclic amines) is 1. The van der Waals surface area contributed by atoms with Crippen LogP contribution in [0.2, 0.25) is 0 Å². The molecule has 4 rings (SSSR count). The highest BCUT2D eigenvalue weighted by atomic mass is 16.2. The third-order valence-corrected chi connectivity index (χ3v) is 6.24. The lowest BCUT2D eigenvalue weighted by atomic mass is 9.95. The Balaban J connectivity index is 1.31. The Hall–Kier alpha value is -1.55. The Kier molecular flexibility index (Phi) is 4.72. The summed E-state index contributed by atoms with van der Waals surface area (Å²) >= 11 is 0. The highest BCUT2D eigenvalue weighted by Crippen LogP contribution is 2.31. The van der Waals surface area contributed by atoms with Crippen LogP contribution < -0.4 is 4.90 Å². The fraction of sp³-hybridized carbons (Fsp3) is 0.667. The number of amides is 1. The van der Waals surface area contributed by atoms with Gasteiger partial charge in [-0.1, -0.05) is 12.1 Å². The van der Waals surface area contributed by atoms with Gasteiger partial charge >= 0.3 is 0 Å². The second-order valence-electron chi connectivity index (χ2n) is 8.14. The van der Waals surface area contributed by atoms with Gasteiger partial charge in [-0.15, -0.1) is 0 Å². The number of piperazine rings is 1. The molecule has 1 amide bonds. The number of carbonyl (C=O) groups is 1. The summed E-state index contributed by atoms with van der Waals surface area (Å²) < 4.78 is 0. The first-order chi connectivity index (χ1) is 12.1. The van der Waals surface area contributed by atoms with Crippen molar-refractivity contribution in [2.24, 2.45) is 5.92 Å². The summed E-state index contributed by atoms with van der Waals surface area (Å²) in [5, 5.41) is 0. The maximum absolute atomic E-state index is 12.9. The van der Waals surface area contributed by atoms with E-state index in [0.29, 0.717) is 5.91 Å². The van der Waals surface area contributed by atoms with Crippen LogP contribution in [0.4, 0.5) is 5.69 Å². The Bertz CT molecular complexity index is 624. The largest absolute Gasteiger partial charge is 0.368 e. The van der Waals surface area contributed by atoms with Gasteiger partial charge in [-0.2, -0.15) is 0 Å². The summed E-state index contributed by atoms with van der Waals surface area (Å²) in [6.45, 7) is 10.2. The van der Waals surface area contributed by atoms with Crippen LogP contribution in [0.15, 0.2) is 18.2 Å². The topological polar surface area (TPSA) is 26.8 Å². The second-order valence-corrected chi connectivity index (χ2v) is 8.14. The average molecular weight is 341 g/mol. The first-order valence-corrected chi connectivity index (χ1v) is 9.97. The van der Waals surface area contributed by atoms with E-state index >= 15 is 0 Å². The van der Waals surface area contributed by atoms with Crippen molar-refractivity contribution >= 4 is 11.6 Å². The lowest BCUT2D eigenvalue weighted by molar-refractivity contribution is -0.137. The first-order valence-electron chi connectivity index (χ1n) is 9.97. The summed E-state index contributed by atoms with van der Waals surface area (Å²) in [5.41, 5.74) is 3.98. The molecule has 0 N–H and O–H groups in total. The smallest absolute Gasteiger partial charge is 0.225 e. The van der Waals surface area contributed by atoms with E-state index in [9.17, 15) is 4.79 Å². The summed E-state index contributed by atoms with van der Waals surface area (Å²) in [6, 6.07) is 7.50. The molecule has 0 unspecified atom stereocenters. The molecule has 0 spiro atoms. The zero-order chi connectivity index (χ0) is 17.4. The molecular weight excluding hydrogens is 310 g/mol. The van der Waals surface area contributed by atoms with Crippen LogP contribution in [0.1, 0.15) is 36.8 Å². The maximum atomic E-state index is 12.9. The number of rotatable bonds is 3. The van der Waals surface area contributed by atoms with E-state index in [-0.39, 0.29) is 5.92 Å². The molecule has 0 radical (unpaired) electrons. The number of benzene rings is 1. The number of hydrogen-bond donors (Lipinski definition) is 0. The number of hydrogen-bond acceptors (Lipinski definition) is 3. The predicted octanol–water partition coefficient (Wildman–Crippen LogP) is 2.83. The monoisotopic (exact) mass is 341 g/mol. The molecule has 2 aliphatic heterocycles. The summed E-state index contributed by atoms with van der Waals surface area (Å²) in [7, 11) is 0. The van der Waals surface area contributed by atoms with Gasteiger partial charge in [0.1, 0.15) is 0 Å². The number of carbonyl (C=O) groups excluding carboxylic acids is 1. The van der Waals surface area contributed by atoms with Gasteiger partial charge < -0.3 is 14.7 Å². The van der Waals surface area contributed by atoms with E-state index < -0.39 is 0 Å². The van der Waals surface area contributed by atoms with Crippen molar-refractivity contribution in [3.05, 3.63) is 29.3 Å². The summed E-state index contributed by atoms with van der Waals surface area (Å²) in [6.07, 6.45) is 4.87. The van der Waals surface area contributed by atoms with E-state index in [1.807, 2.05) is 0 Å². The molecule has 4 heteroatoms. The number of piperidine rings is 1. The average Bonchev–Trinajstić information content (AvgIpc) is 3.49. The lowest BCUT2D eigenvalue weighted by Gasteiger charge is -2.40. The van der Waals surface area contributed by atoms with Gasteiger partial charge in [0.05, 0.1) is 0 Å². The van der Waals surface area contributed by atoms with Crippen molar-refractivity contribution in [3.63, 3.8) is 0 Å². The third kappa shape index (κ3) is 3.69. The highest BCUT2D eigenvalue weighted by molar-refractivity contribution is 5.79. The third-order valence-electron chi connectivity index (χ3n) is 6.24. The van der Waals surface area contributed by atoms with E-state index in [1.54, 1.807) is 0 Å². The molecule has 136 valence electrons. The SMILES string of the molecule is Cc1ccc(C)c(N2CCN(C(=O)C3CCN(C4CC4)CC3)CC2)c1. The van der Waals surface area contributed by atoms with Gasteiger partial charge in [0.2, 0.25) is 5.91 Å². The normalized spacial score (nSPS) is 23.1. The molecule has 1 saturated carbocycles. The van der Waals surface area contributed by atoms with Crippen LogP contribution in [-0.2, 0) is 4.79 Å². The summed E-state index contributed by atoms with van der Waals surface area (Å²) in [4.78, 5) is 20.1. The lowest BCUT2D eigenvalue weighted by Crippen LogP contribution is -2.52. The van der Waals surface area contributed by atoms with Gasteiger partial charge in [-0.05, 0) is 69.8 Å². The molecule has 1 aromatic rings. The molecule has 1 aliphatic carbocycles. The molecular formula is C21H31N3O. The molecule has 4 nitrogen and oxygen atoms in total. The van der Waals surface area contributed by atoms with E-state index in [0.717, 1.165) is 58.2 Å². The Labute approximate surface area is 151 Å². The molecule has 3 fully saturated rings. The van der Waals surface area contributed by atoms with Crippen LogP contribution in [0.3, 0.4) is 0 Å². The minimum Gasteiger partial charge on any atom is -0.368 e. The number of nitrogens with zero attached hydrogens (tertiary/aromatic N) is 3. The van der Waals surface area contributed by atoms with Gasteiger partial charge in [-0.3, -0.25) is 4.79 Å². The molecule has 3 aliphatic rings. The van der Waals surface area contributed by atoms with Gasteiger partial charge in [0.15, 0.2) is 0 Å². The van der Waals surface area contributed by atoms with Crippen molar-refractivity contribution in [2.75, 3.05) is 44.2 Å². The van der Waals surface area contributed by atoms with Crippen molar-refractivity contribution < 1.29 is 4.79 Å². The van der Waals surface area contributed by atoms with Crippen molar-refractivity contribution in [1.29, 1.82) is 0 Å². The number of aryl methyl sites for hydroxylation is 2. The predicted molar refractivity (Wildman–Crippen MR) is 102 cm³/mol. The molecule has 2 heterocycles. The highest BCUT2D eigenvalue weighted by Gasteiger charge is 2.35. The van der Waals surface area contributed by atoms with Crippen molar-refractivity contribution in [2.45, 2.75) is 45.6 Å². The fourth-order valence-corrected chi connectivity index (χ4v) is 4.44. The molecule has 1 aromatic carbocycles. The van der Waals surface area contributed by atoms with Gasteiger partial charge in [-0.25, -0.2) is 0 Å². The molecule has 25 heavy (non-hydrogen) atoms. The quantitative estimate of drug-likeness (QED) is 0.846. The first kappa shape index (κ1) is 16.9. The zero-order valence-corrected chi connectivity index (χ0v) is 15.7. The van der Waals surface area contributed by atoms with E-state index in [1.165, 1.54) is 29.7 Å². The minimum atomic E-state index is 0.266. The van der Waals surface area contributed by atoms with Crippen LogP contribution in [0.25, 0.3) is 0 Å². The van der Waals surface area contributed by atoms with Crippen LogP contribution in [0.5, 0.6) is 0 Å². The number of anilines is 1. The van der Waals surface area contributed by atoms with E-state index in [2.05, 4.69) is 46.7 Å². The molecule has 2 saturated heterocycles. The zero-order valence-electron chi connectivity index (χ0n) is 15.7.